The highest BCUT2D eigenvalue weighted by atomic mass is 35.5. The molecule has 0 aliphatic carbocycles. The highest BCUT2D eigenvalue weighted by Gasteiger charge is 2.15. The lowest BCUT2D eigenvalue weighted by Crippen LogP contribution is -2.28. The van der Waals surface area contributed by atoms with Crippen LogP contribution in [0.5, 0.6) is 5.75 Å². The summed E-state index contributed by atoms with van der Waals surface area (Å²) in [5.74, 6) is 0.875. The number of halogens is 1. The molecule has 0 saturated carbocycles. The van der Waals surface area contributed by atoms with Gasteiger partial charge in [-0.3, -0.25) is 4.68 Å². The van der Waals surface area contributed by atoms with E-state index in [1.165, 1.54) is 22.6 Å². The number of hydrogen-bond acceptors (Lipinski definition) is 5. The Balaban J connectivity index is 0.00000320. The van der Waals surface area contributed by atoms with E-state index in [9.17, 15) is 8.42 Å². The van der Waals surface area contributed by atoms with Gasteiger partial charge in [-0.25, -0.2) is 13.1 Å². The zero-order valence-electron chi connectivity index (χ0n) is 16.8. The maximum Gasteiger partial charge on any atom is 0.243 e. The van der Waals surface area contributed by atoms with Crippen LogP contribution in [0.15, 0.2) is 71.9 Å². The number of nitrogens with two attached hydrogens (primary N) is 1. The lowest BCUT2D eigenvalue weighted by molar-refractivity contribution is 0.322. The molecule has 0 amide bonds. The zero-order valence-corrected chi connectivity index (χ0v) is 18.4. The minimum absolute atomic E-state index is 0. The summed E-state index contributed by atoms with van der Waals surface area (Å²) in [7, 11) is -1.92. The predicted molar refractivity (Wildman–Crippen MR) is 120 cm³/mol. The van der Waals surface area contributed by atoms with Crippen LogP contribution in [0.3, 0.4) is 0 Å². The number of nitrogens with zero attached hydrogens (tertiary/aromatic N) is 2. The molecule has 0 spiro atoms. The maximum atomic E-state index is 12.2. The molecule has 0 saturated heterocycles. The summed E-state index contributed by atoms with van der Waals surface area (Å²) in [6.07, 6.45) is 3.62. The average molecular weight is 451 g/mol. The van der Waals surface area contributed by atoms with Crippen molar-refractivity contribution in [1.29, 1.82) is 0 Å². The Bertz CT molecular complexity index is 1030. The molecule has 0 aliphatic heterocycles. The molecular weight excluding hydrogens is 424 g/mol. The predicted octanol–water partition coefficient (Wildman–Crippen LogP) is 2.48. The van der Waals surface area contributed by atoms with Crippen molar-refractivity contribution >= 4 is 22.4 Å². The maximum absolute atomic E-state index is 12.2. The van der Waals surface area contributed by atoms with E-state index >= 15 is 0 Å². The Morgan fingerprint density at radius 3 is 2.60 bits per heavy atom. The number of hydrogen-bond donors (Lipinski definition) is 2. The van der Waals surface area contributed by atoms with Crippen LogP contribution >= 0.6 is 12.4 Å². The topological polar surface area (TPSA) is 99.2 Å². The monoisotopic (exact) mass is 450 g/mol. The summed E-state index contributed by atoms with van der Waals surface area (Å²) >= 11 is 0. The van der Waals surface area contributed by atoms with Crippen LogP contribution in [0.1, 0.15) is 17.0 Å². The van der Waals surface area contributed by atoms with Gasteiger partial charge in [-0.15, -0.1) is 12.4 Å². The van der Waals surface area contributed by atoms with Crippen LogP contribution in [0, 0.1) is 0 Å². The fourth-order valence-electron chi connectivity index (χ4n) is 3.06. The number of sulfonamides is 1. The summed E-state index contributed by atoms with van der Waals surface area (Å²) < 4.78 is 34.1. The van der Waals surface area contributed by atoms with Crippen molar-refractivity contribution in [3.63, 3.8) is 0 Å². The summed E-state index contributed by atoms with van der Waals surface area (Å²) in [5, 5.41) is 3.88. The SMILES string of the molecule is Cl.Cn1cc(S(=O)(=O)NCCOc2cccc(C(CN)Cc3ccccc3)c2)cn1. The molecule has 162 valence electrons. The molecule has 9 heteroatoms. The van der Waals surface area contributed by atoms with Crippen molar-refractivity contribution in [2.24, 2.45) is 12.8 Å². The number of ether oxygens (including phenoxy) is 1. The Hall–Kier alpha value is -2.39. The molecule has 1 atom stereocenters. The van der Waals surface area contributed by atoms with E-state index in [4.69, 9.17) is 10.5 Å². The smallest absolute Gasteiger partial charge is 0.243 e. The van der Waals surface area contributed by atoms with E-state index in [0.29, 0.717) is 12.3 Å². The summed E-state index contributed by atoms with van der Waals surface area (Å²) in [6.45, 7) is 0.907. The lowest BCUT2D eigenvalue weighted by Gasteiger charge is -2.17. The minimum atomic E-state index is -3.58. The van der Waals surface area contributed by atoms with Crippen LogP contribution in [0.25, 0.3) is 0 Å². The van der Waals surface area contributed by atoms with E-state index in [1.807, 2.05) is 42.5 Å². The van der Waals surface area contributed by atoms with E-state index in [0.717, 1.165) is 12.0 Å². The fraction of sp³-hybridized carbons (Fsp3) is 0.286. The number of aromatic nitrogens is 2. The Labute approximate surface area is 183 Å². The van der Waals surface area contributed by atoms with Crippen LogP contribution in [-0.2, 0) is 23.5 Å². The molecule has 3 rings (SSSR count). The molecule has 0 radical (unpaired) electrons. The lowest BCUT2D eigenvalue weighted by atomic mass is 9.92. The standard InChI is InChI=1S/C21H26N4O3S.ClH/c1-25-16-21(15-23-25)29(26,27)24-10-11-28-20-9-5-8-18(13-20)19(14-22)12-17-6-3-2-4-7-17;/h2-9,13,15-16,19,24H,10-12,14,22H2,1H3;1H. The van der Waals surface area contributed by atoms with Gasteiger partial charge in [0.05, 0.1) is 6.20 Å². The van der Waals surface area contributed by atoms with Crippen LogP contribution in [-0.4, -0.2) is 37.9 Å². The molecule has 30 heavy (non-hydrogen) atoms. The minimum Gasteiger partial charge on any atom is -0.492 e. The fourth-order valence-corrected chi connectivity index (χ4v) is 4.06. The number of nitrogens with one attached hydrogen (secondary N) is 1. The van der Waals surface area contributed by atoms with Gasteiger partial charge < -0.3 is 10.5 Å². The van der Waals surface area contributed by atoms with Gasteiger partial charge in [-0.05, 0) is 36.2 Å². The summed E-state index contributed by atoms with van der Waals surface area (Å²) in [6, 6.07) is 18.0. The van der Waals surface area contributed by atoms with Crippen molar-refractivity contribution in [3.8, 4) is 5.75 Å². The molecule has 2 aromatic carbocycles. The third-order valence-corrected chi connectivity index (χ3v) is 6.01. The Morgan fingerprint density at radius 2 is 1.93 bits per heavy atom. The van der Waals surface area contributed by atoms with Crippen molar-refractivity contribution in [3.05, 3.63) is 78.1 Å². The molecule has 3 N–H and O–H groups in total. The van der Waals surface area contributed by atoms with Gasteiger partial charge in [0, 0.05) is 25.7 Å². The van der Waals surface area contributed by atoms with Crippen LogP contribution in [0.4, 0.5) is 0 Å². The molecule has 0 bridgehead atoms. The molecule has 1 unspecified atom stereocenters. The molecular formula is C21H27ClN4O3S. The quantitative estimate of drug-likeness (QED) is 0.462. The van der Waals surface area contributed by atoms with E-state index < -0.39 is 10.0 Å². The van der Waals surface area contributed by atoms with E-state index in [-0.39, 0.29) is 36.4 Å². The van der Waals surface area contributed by atoms with Crippen molar-refractivity contribution in [2.45, 2.75) is 17.2 Å². The summed E-state index contributed by atoms with van der Waals surface area (Å²) in [4.78, 5) is 0.133. The first-order valence-corrected chi connectivity index (χ1v) is 10.9. The van der Waals surface area contributed by atoms with Crippen molar-refractivity contribution in [2.75, 3.05) is 19.7 Å². The largest absolute Gasteiger partial charge is 0.492 e. The normalized spacial score (nSPS) is 12.2. The second-order valence-corrected chi connectivity index (χ2v) is 8.56. The highest BCUT2D eigenvalue weighted by molar-refractivity contribution is 7.89. The van der Waals surface area contributed by atoms with Gasteiger partial charge in [0.25, 0.3) is 0 Å². The molecule has 1 aromatic heterocycles. The molecule has 0 fully saturated rings. The molecule has 3 aromatic rings. The molecule has 7 nitrogen and oxygen atoms in total. The van der Waals surface area contributed by atoms with Gasteiger partial charge in [-0.1, -0.05) is 42.5 Å². The number of aryl methyl sites for hydroxylation is 1. The van der Waals surface area contributed by atoms with Gasteiger partial charge in [0.1, 0.15) is 17.3 Å². The zero-order chi connectivity index (χ0) is 20.7. The second kappa shape index (κ2) is 11.1. The van der Waals surface area contributed by atoms with Crippen LogP contribution < -0.4 is 15.2 Å². The third kappa shape index (κ3) is 6.56. The first kappa shape index (κ1) is 23.9. The van der Waals surface area contributed by atoms with E-state index in [1.54, 1.807) is 7.05 Å². The van der Waals surface area contributed by atoms with Gasteiger partial charge in [-0.2, -0.15) is 5.10 Å². The Kier molecular flexibility index (Phi) is 8.86. The highest BCUT2D eigenvalue weighted by Crippen LogP contribution is 2.24. The van der Waals surface area contributed by atoms with Gasteiger partial charge in [0.15, 0.2) is 0 Å². The average Bonchev–Trinajstić information content (AvgIpc) is 3.18. The second-order valence-electron chi connectivity index (χ2n) is 6.79. The first-order chi connectivity index (χ1) is 14.0. The number of rotatable bonds is 10. The van der Waals surface area contributed by atoms with Crippen molar-refractivity contribution < 1.29 is 13.2 Å². The van der Waals surface area contributed by atoms with E-state index in [2.05, 4.69) is 22.0 Å². The first-order valence-electron chi connectivity index (χ1n) is 9.43. The third-order valence-electron chi connectivity index (χ3n) is 4.59. The van der Waals surface area contributed by atoms with Crippen molar-refractivity contribution in [1.82, 2.24) is 14.5 Å². The Morgan fingerprint density at radius 1 is 1.17 bits per heavy atom. The number of benzene rings is 2. The molecule has 0 aliphatic rings. The van der Waals surface area contributed by atoms with Crippen LogP contribution in [0.2, 0.25) is 0 Å². The van der Waals surface area contributed by atoms with Gasteiger partial charge >= 0.3 is 0 Å². The van der Waals surface area contributed by atoms with Gasteiger partial charge in [0.2, 0.25) is 10.0 Å². The summed E-state index contributed by atoms with van der Waals surface area (Å²) in [5.41, 5.74) is 8.34. The molecule has 1 heterocycles.